The van der Waals surface area contributed by atoms with Crippen molar-refractivity contribution in [3.63, 3.8) is 0 Å². The highest BCUT2D eigenvalue weighted by atomic mass is 35.5. The second-order valence-corrected chi connectivity index (χ2v) is 10.1. The molecule has 12 nitrogen and oxygen atoms in total. The predicted octanol–water partition coefficient (Wildman–Crippen LogP) is 3.09. The zero-order valence-corrected chi connectivity index (χ0v) is 20.3. The number of nitrogen functional groups attached to an aromatic ring is 1. The van der Waals surface area contributed by atoms with Gasteiger partial charge in [-0.2, -0.15) is 9.78 Å². The van der Waals surface area contributed by atoms with Gasteiger partial charge in [-0.15, -0.1) is 5.10 Å². The number of rotatable bonds is 4. The van der Waals surface area contributed by atoms with Crippen molar-refractivity contribution in [3.05, 3.63) is 82.0 Å². The lowest BCUT2D eigenvalue weighted by Crippen LogP contribution is -2.27. The Hall–Kier alpha value is -4.84. The Morgan fingerprint density at radius 2 is 2.05 bits per heavy atom. The van der Waals surface area contributed by atoms with E-state index < -0.39 is 0 Å². The van der Waals surface area contributed by atoms with Crippen molar-refractivity contribution in [2.75, 3.05) is 5.73 Å². The molecule has 186 valence electrons. The molecule has 0 spiro atoms. The van der Waals surface area contributed by atoms with Crippen LogP contribution in [0.25, 0.3) is 39.1 Å². The fourth-order valence-electron chi connectivity index (χ4n) is 5.59. The van der Waals surface area contributed by atoms with Gasteiger partial charge in [0.05, 0.1) is 34.8 Å². The van der Waals surface area contributed by atoms with Crippen molar-refractivity contribution >= 4 is 28.3 Å². The largest absolute Gasteiger partial charge is 0.382 e. The first-order valence-corrected chi connectivity index (χ1v) is 12.4. The number of imidazole rings is 1. The van der Waals surface area contributed by atoms with Crippen molar-refractivity contribution in [1.82, 2.24) is 49.9 Å². The van der Waals surface area contributed by atoms with Crippen molar-refractivity contribution in [2.24, 2.45) is 5.92 Å². The third-order valence-corrected chi connectivity index (χ3v) is 7.68. The summed E-state index contributed by atoms with van der Waals surface area (Å²) in [5.74, 6) is 2.42. The maximum absolute atomic E-state index is 13.5. The summed E-state index contributed by atoms with van der Waals surface area (Å²) in [6.45, 7) is 0. The molecule has 8 rings (SSSR count). The standard InChI is InChI=1S/C25H18ClN11O/c26-12-2-4-20(36-10-29-34-35-36)16(6-12)17-8-21(38)37-22(14-7-15(14)25(37)31-17)24-28-9-19(30-24)11-1-3-13-18(5-11)32-33-23(13)27/h1-6,8-10,14-15,22H,7H2,(H,28,30)(H3,27,32,33). The number of hydrogen-bond donors (Lipinski definition) is 3. The summed E-state index contributed by atoms with van der Waals surface area (Å²) < 4.78 is 3.30. The number of nitrogens with one attached hydrogen (secondary N) is 2. The molecule has 6 aromatic rings. The van der Waals surface area contributed by atoms with Gasteiger partial charge in [0.2, 0.25) is 0 Å². The molecule has 1 saturated carbocycles. The van der Waals surface area contributed by atoms with Gasteiger partial charge in [-0.25, -0.2) is 9.97 Å². The van der Waals surface area contributed by atoms with Gasteiger partial charge in [0.15, 0.2) is 5.82 Å². The number of nitrogens with two attached hydrogens (primary N) is 1. The van der Waals surface area contributed by atoms with Crippen LogP contribution >= 0.6 is 11.6 Å². The van der Waals surface area contributed by atoms with E-state index in [1.165, 1.54) is 11.0 Å². The summed E-state index contributed by atoms with van der Waals surface area (Å²) in [4.78, 5) is 26.6. The fraction of sp³-hybridized carbons (Fsp3) is 0.160. The summed E-state index contributed by atoms with van der Waals surface area (Å²) in [5, 5.41) is 19.9. The zero-order valence-electron chi connectivity index (χ0n) is 19.6. The topological polar surface area (TPSA) is 162 Å². The molecule has 5 heterocycles. The highest BCUT2D eigenvalue weighted by molar-refractivity contribution is 6.31. The highest BCUT2D eigenvalue weighted by Gasteiger charge is 2.55. The lowest BCUT2D eigenvalue weighted by atomic mass is 10.1. The first-order valence-electron chi connectivity index (χ1n) is 12.0. The summed E-state index contributed by atoms with van der Waals surface area (Å²) in [5.41, 5.74) is 10.3. The molecule has 0 radical (unpaired) electrons. The van der Waals surface area contributed by atoms with Crippen LogP contribution in [0, 0.1) is 5.92 Å². The monoisotopic (exact) mass is 523 g/mol. The predicted molar refractivity (Wildman–Crippen MR) is 139 cm³/mol. The number of benzene rings is 2. The van der Waals surface area contributed by atoms with Crippen LogP contribution in [0.15, 0.2) is 59.8 Å². The number of nitrogens with zero attached hydrogens (tertiary/aromatic N) is 8. The number of hydrogen-bond acceptors (Lipinski definition) is 8. The molecule has 1 aliphatic carbocycles. The van der Waals surface area contributed by atoms with Gasteiger partial charge in [0.25, 0.3) is 5.56 Å². The highest BCUT2D eigenvalue weighted by Crippen LogP contribution is 2.59. The molecule has 2 aliphatic rings. The minimum absolute atomic E-state index is 0.142. The third kappa shape index (κ3) is 3.07. The van der Waals surface area contributed by atoms with E-state index in [-0.39, 0.29) is 23.4 Å². The molecule has 38 heavy (non-hydrogen) atoms. The Morgan fingerprint density at radius 3 is 2.92 bits per heavy atom. The lowest BCUT2D eigenvalue weighted by Gasteiger charge is -2.17. The molecule has 0 bridgehead atoms. The molecule has 13 heteroatoms. The van der Waals surface area contributed by atoms with Gasteiger partial charge in [-0.05, 0) is 53.1 Å². The Labute approximate surface area is 218 Å². The molecule has 1 fully saturated rings. The minimum Gasteiger partial charge on any atom is -0.382 e. The zero-order chi connectivity index (χ0) is 25.5. The second kappa shape index (κ2) is 7.59. The van der Waals surface area contributed by atoms with E-state index in [0.717, 1.165) is 40.2 Å². The molecule has 4 N–H and O–H groups in total. The van der Waals surface area contributed by atoms with E-state index in [9.17, 15) is 4.79 Å². The van der Waals surface area contributed by atoms with Crippen LogP contribution in [-0.2, 0) is 0 Å². The number of tetrazole rings is 1. The van der Waals surface area contributed by atoms with E-state index in [0.29, 0.717) is 27.8 Å². The van der Waals surface area contributed by atoms with Crippen molar-refractivity contribution in [3.8, 4) is 28.2 Å². The Bertz CT molecular complexity index is 1940. The average molecular weight is 524 g/mol. The molecular weight excluding hydrogens is 506 g/mol. The van der Waals surface area contributed by atoms with Gasteiger partial charge in [-0.1, -0.05) is 17.7 Å². The molecule has 4 aromatic heterocycles. The molecule has 2 aromatic carbocycles. The average Bonchev–Trinajstić information content (AvgIpc) is 3.35. The first kappa shape index (κ1) is 21.3. The third-order valence-electron chi connectivity index (χ3n) is 7.44. The van der Waals surface area contributed by atoms with Gasteiger partial charge in [0, 0.05) is 33.5 Å². The van der Waals surface area contributed by atoms with Gasteiger partial charge >= 0.3 is 0 Å². The van der Waals surface area contributed by atoms with Crippen LogP contribution in [-0.4, -0.2) is 49.9 Å². The molecule has 3 atom stereocenters. The van der Waals surface area contributed by atoms with Gasteiger partial charge in [-0.3, -0.25) is 14.5 Å². The minimum atomic E-state index is -0.206. The summed E-state index contributed by atoms with van der Waals surface area (Å²) in [6.07, 6.45) is 4.24. The van der Waals surface area contributed by atoms with Gasteiger partial charge < -0.3 is 10.7 Å². The molecule has 3 unspecified atom stereocenters. The van der Waals surface area contributed by atoms with Crippen molar-refractivity contribution < 1.29 is 0 Å². The maximum atomic E-state index is 13.5. The van der Waals surface area contributed by atoms with E-state index >= 15 is 0 Å². The normalized spacial score (nSPS) is 19.6. The van der Waals surface area contributed by atoms with E-state index in [1.807, 2.05) is 24.3 Å². The molecular formula is C25H18ClN11O. The number of H-pyrrole nitrogens is 2. The van der Waals surface area contributed by atoms with E-state index in [2.05, 4.69) is 35.7 Å². The quantitative estimate of drug-likeness (QED) is 0.317. The SMILES string of the molecule is Nc1n[nH]c2cc(-c3cnc(C4C5CC5c5nc(-c6cc(Cl)ccc6-n6cnnn6)cc(=O)n54)[nH]3)ccc12. The van der Waals surface area contributed by atoms with Crippen molar-refractivity contribution in [2.45, 2.75) is 18.4 Å². The van der Waals surface area contributed by atoms with Crippen LogP contribution < -0.4 is 11.3 Å². The van der Waals surface area contributed by atoms with Crippen LogP contribution in [0.2, 0.25) is 5.02 Å². The fourth-order valence-corrected chi connectivity index (χ4v) is 5.76. The Kier molecular flexibility index (Phi) is 4.24. The second-order valence-electron chi connectivity index (χ2n) is 9.63. The number of halogens is 1. The van der Waals surface area contributed by atoms with E-state index in [4.69, 9.17) is 22.3 Å². The number of aromatic nitrogens is 10. The summed E-state index contributed by atoms with van der Waals surface area (Å²) >= 11 is 6.32. The van der Waals surface area contributed by atoms with Crippen LogP contribution in [0.3, 0.4) is 0 Å². The number of fused-ring (bicyclic) bond motifs is 4. The van der Waals surface area contributed by atoms with Crippen LogP contribution in [0.5, 0.6) is 0 Å². The molecule has 1 aliphatic heterocycles. The lowest BCUT2D eigenvalue weighted by molar-refractivity contribution is 0.510. The van der Waals surface area contributed by atoms with Crippen LogP contribution in [0.4, 0.5) is 5.82 Å². The molecule has 0 amide bonds. The molecule has 0 saturated heterocycles. The maximum Gasteiger partial charge on any atom is 0.254 e. The Morgan fingerprint density at radius 1 is 1.13 bits per heavy atom. The van der Waals surface area contributed by atoms with Crippen molar-refractivity contribution in [1.29, 1.82) is 0 Å². The number of aromatic amines is 2. The Balaban J connectivity index is 1.20. The van der Waals surface area contributed by atoms with Crippen LogP contribution in [0.1, 0.15) is 30.0 Å². The smallest absolute Gasteiger partial charge is 0.254 e. The summed E-state index contributed by atoms with van der Waals surface area (Å²) in [6, 6.07) is 12.6. The summed E-state index contributed by atoms with van der Waals surface area (Å²) in [7, 11) is 0. The number of anilines is 1. The first-order chi connectivity index (χ1) is 18.5. The van der Waals surface area contributed by atoms with E-state index in [1.54, 1.807) is 29.0 Å². The van der Waals surface area contributed by atoms with Gasteiger partial charge in [0.1, 0.15) is 18.0 Å².